The Morgan fingerprint density at radius 2 is 2.11 bits per heavy atom. The normalized spacial score (nSPS) is 11.8. The van der Waals surface area contributed by atoms with Crippen LogP contribution in [-0.2, 0) is 10.2 Å². The molecule has 56 valence electrons. The molecule has 0 saturated heterocycles. The summed E-state index contributed by atoms with van der Waals surface area (Å²) in [6.07, 6.45) is 0.773. The standard InChI is InChI=1S/C3H10N2O2S2/c1-2-3-4-9(6,7)5-8/h4-5,8H,2-3H2,1H3. The molecule has 0 rings (SSSR count). The Morgan fingerprint density at radius 1 is 1.56 bits per heavy atom. The predicted molar refractivity (Wildman–Crippen MR) is 39.3 cm³/mol. The minimum Gasteiger partial charge on any atom is -0.202 e. The molecule has 0 aliphatic heterocycles. The molecule has 0 bridgehead atoms. The third-order valence-corrected chi connectivity index (χ3v) is 2.21. The van der Waals surface area contributed by atoms with E-state index in [1.807, 2.05) is 11.1 Å². The van der Waals surface area contributed by atoms with E-state index in [0.29, 0.717) is 6.54 Å². The molecule has 0 aromatic carbocycles. The average molecular weight is 170 g/mol. The van der Waals surface area contributed by atoms with Crippen molar-refractivity contribution >= 4 is 23.0 Å². The number of thiol groups is 1. The van der Waals surface area contributed by atoms with Crippen molar-refractivity contribution in [3.05, 3.63) is 0 Å². The summed E-state index contributed by atoms with van der Waals surface area (Å²) in [5, 5.41) is 0. The first-order valence-electron chi connectivity index (χ1n) is 2.53. The van der Waals surface area contributed by atoms with Crippen LogP contribution >= 0.6 is 12.8 Å². The van der Waals surface area contributed by atoms with Crippen LogP contribution in [0.5, 0.6) is 0 Å². The first kappa shape index (κ1) is 9.22. The van der Waals surface area contributed by atoms with Crippen LogP contribution in [0.1, 0.15) is 13.3 Å². The highest BCUT2D eigenvalue weighted by Gasteiger charge is 2.01. The number of hydrogen-bond donors (Lipinski definition) is 3. The molecular weight excluding hydrogens is 160 g/mol. The van der Waals surface area contributed by atoms with E-state index in [1.54, 1.807) is 0 Å². The van der Waals surface area contributed by atoms with Gasteiger partial charge in [-0.15, -0.1) is 4.13 Å². The molecule has 2 N–H and O–H groups in total. The van der Waals surface area contributed by atoms with Gasteiger partial charge in [0.15, 0.2) is 0 Å². The lowest BCUT2D eigenvalue weighted by molar-refractivity contribution is 0.579. The van der Waals surface area contributed by atoms with Gasteiger partial charge in [0, 0.05) is 6.54 Å². The Hall–Kier alpha value is 0.220. The number of rotatable bonds is 4. The van der Waals surface area contributed by atoms with Crippen molar-refractivity contribution in [3.63, 3.8) is 0 Å². The minimum atomic E-state index is -3.32. The lowest BCUT2D eigenvalue weighted by Gasteiger charge is -1.99. The molecule has 0 fully saturated rings. The molecule has 0 heterocycles. The molecule has 0 atom stereocenters. The fourth-order valence-corrected chi connectivity index (χ4v) is 1.000. The van der Waals surface area contributed by atoms with E-state index in [-0.39, 0.29) is 0 Å². The van der Waals surface area contributed by atoms with Gasteiger partial charge in [-0.2, -0.15) is 8.42 Å². The molecule has 0 saturated carbocycles. The van der Waals surface area contributed by atoms with Crippen LogP contribution in [0, 0.1) is 0 Å². The second-order valence-corrected chi connectivity index (χ2v) is 3.51. The lowest BCUT2D eigenvalue weighted by atomic mass is 10.5. The number of nitrogens with one attached hydrogen (secondary N) is 2. The summed E-state index contributed by atoms with van der Waals surface area (Å²) in [5.41, 5.74) is 0. The number of hydrogen-bond acceptors (Lipinski definition) is 3. The van der Waals surface area contributed by atoms with Crippen LogP contribution in [0.2, 0.25) is 0 Å². The first-order valence-corrected chi connectivity index (χ1v) is 4.46. The quantitative estimate of drug-likeness (QED) is 0.506. The molecule has 0 aromatic rings. The highest BCUT2D eigenvalue weighted by molar-refractivity contribution is 7.99. The monoisotopic (exact) mass is 170 g/mol. The van der Waals surface area contributed by atoms with Crippen molar-refractivity contribution in [2.75, 3.05) is 6.54 Å². The Labute approximate surface area is 60.8 Å². The minimum absolute atomic E-state index is 0.440. The summed E-state index contributed by atoms with van der Waals surface area (Å²) in [7, 11) is -3.32. The zero-order chi connectivity index (χ0) is 7.33. The summed E-state index contributed by atoms with van der Waals surface area (Å²) in [6.45, 7) is 2.32. The Bertz CT molecular complexity index is 153. The van der Waals surface area contributed by atoms with E-state index >= 15 is 0 Å². The molecular formula is C3H10N2O2S2. The molecule has 0 amide bonds. The average Bonchev–Trinajstić information content (AvgIpc) is 1.84. The van der Waals surface area contributed by atoms with Gasteiger partial charge < -0.3 is 0 Å². The summed E-state index contributed by atoms with van der Waals surface area (Å²) >= 11 is 3.37. The molecule has 0 aliphatic carbocycles. The summed E-state index contributed by atoms with van der Waals surface area (Å²) in [5.74, 6) is 0. The smallest absolute Gasteiger partial charge is 0.202 e. The van der Waals surface area contributed by atoms with E-state index in [9.17, 15) is 8.42 Å². The maximum atomic E-state index is 10.5. The fraction of sp³-hybridized carbons (Fsp3) is 1.00. The van der Waals surface area contributed by atoms with Crippen molar-refractivity contribution in [2.24, 2.45) is 0 Å². The van der Waals surface area contributed by atoms with Gasteiger partial charge in [-0.05, 0) is 6.42 Å². The predicted octanol–water partition coefficient (Wildman–Crippen LogP) is -0.335. The van der Waals surface area contributed by atoms with E-state index in [4.69, 9.17) is 0 Å². The van der Waals surface area contributed by atoms with Crippen molar-refractivity contribution in [3.8, 4) is 0 Å². The second-order valence-electron chi connectivity index (χ2n) is 1.49. The van der Waals surface area contributed by atoms with Gasteiger partial charge in [0.1, 0.15) is 0 Å². The van der Waals surface area contributed by atoms with Crippen LogP contribution in [0.25, 0.3) is 0 Å². The molecule has 4 nitrogen and oxygen atoms in total. The topological polar surface area (TPSA) is 58.2 Å². The maximum Gasteiger partial charge on any atom is 0.286 e. The van der Waals surface area contributed by atoms with Crippen LogP contribution in [0.4, 0.5) is 0 Å². The molecule has 0 unspecified atom stereocenters. The first-order chi connectivity index (χ1) is 4.12. The van der Waals surface area contributed by atoms with Crippen LogP contribution in [0.15, 0.2) is 0 Å². The van der Waals surface area contributed by atoms with E-state index in [1.165, 1.54) is 0 Å². The lowest BCUT2D eigenvalue weighted by Crippen LogP contribution is -2.31. The van der Waals surface area contributed by atoms with Gasteiger partial charge in [0.05, 0.1) is 0 Å². The molecule has 9 heavy (non-hydrogen) atoms. The summed E-state index contributed by atoms with van der Waals surface area (Å²) in [4.78, 5) is 0. The van der Waals surface area contributed by atoms with Gasteiger partial charge in [-0.25, -0.2) is 4.72 Å². The van der Waals surface area contributed by atoms with Crippen LogP contribution in [-0.4, -0.2) is 15.0 Å². The summed E-state index contributed by atoms with van der Waals surface area (Å²) in [6, 6.07) is 0. The maximum absolute atomic E-state index is 10.5. The molecule has 0 aliphatic rings. The van der Waals surface area contributed by atoms with Gasteiger partial charge in [0.25, 0.3) is 10.2 Å². The van der Waals surface area contributed by atoms with E-state index in [0.717, 1.165) is 6.42 Å². The van der Waals surface area contributed by atoms with Crippen molar-refractivity contribution in [1.82, 2.24) is 8.85 Å². The molecule has 0 radical (unpaired) electrons. The zero-order valence-electron chi connectivity index (χ0n) is 5.09. The van der Waals surface area contributed by atoms with Crippen molar-refractivity contribution < 1.29 is 8.42 Å². The van der Waals surface area contributed by atoms with Gasteiger partial charge >= 0.3 is 0 Å². The van der Waals surface area contributed by atoms with Crippen molar-refractivity contribution in [2.45, 2.75) is 13.3 Å². The zero-order valence-corrected chi connectivity index (χ0v) is 6.80. The Kier molecular flexibility index (Phi) is 4.20. The summed E-state index contributed by atoms with van der Waals surface area (Å²) < 4.78 is 25.0. The Morgan fingerprint density at radius 3 is 2.44 bits per heavy atom. The Balaban J connectivity index is 3.61. The molecule has 6 heteroatoms. The third-order valence-electron chi connectivity index (χ3n) is 0.662. The highest BCUT2D eigenvalue weighted by Crippen LogP contribution is 1.78. The molecule has 0 spiro atoms. The third kappa shape index (κ3) is 4.71. The largest absolute Gasteiger partial charge is 0.286 e. The van der Waals surface area contributed by atoms with Gasteiger partial charge in [0.2, 0.25) is 0 Å². The highest BCUT2D eigenvalue weighted by atomic mass is 32.3. The second kappa shape index (κ2) is 4.10. The van der Waals surface area contributed by atoms with E-state index in [2.05, 4.69) is 17.5 Å². The van der Waals surface area contributed by atoms with E-state index < -0.39 is 10.2 Å². The molecule has 0 aromatic heterocycles. The van der Waals surface area contributed by atoms with Crippen LogP contribution in [0.3, 0.4) is 0 Å². The van der Waals surface area contributed by atoms with Gasteiger partial charge in [-0.3, -0.25) is 0 Å². The van der Waals surface area contributed by atoms with Gasteiger partial charge in [-0.1, -0.05) is 19.7 Å². The van der Waals surface area contributed by atoms with Crippen molar-refractivity contribution in [1.29, 1.82) is 0 Å². The van der Waals surface area contributed by atoms with Crippen LogP contribution < -0.4 is 8.85 Å². The fourth-order valence-electron chi connectivity index (χ4n) is 0.269. The SMILES string of the molecule is CCCNS(=O)(=O)NS.